The van der Waals surface area contributed by atoms with Crippen molar-refractivity contribution < 1.29 is 23.8 Å². The molecule has 4 rings (SSSR count). The van der Waals surface area contributed by atoms with E-state index in [1.165, 1.54) is 23.5 Å². The van der Waals surface area contributed by atoms with Crippen molar-refractivity contribution >= 4 is 40.8 Å². The third-order valence-corrected chi connectivity index (χ3v) is 6.76. The summed E-state index contributed by atoms with van der Waals surface area (Å²) in [5, 5.41) is 15.8. The number of piperazine rings is 1. The van der Waals surface area contributed by atoms with Gasteiger partial charge in [0.1, 0.15) is 17.5 Å². The van der Waals surface area contributed by atoms with Gasteiger partial charge in [0.2, 0.25) is 0 Å². The molecule has 1 fully saturated rings. The Kier molecular flexibility index (Phi) is 7.62. The van der Waals surface area contributed by atoms with Gasteiger partial charge in [0, 0.05) is 60.6 Å². The van der Waals surface area contributed by atoms with E-state index in [4.69, 9.17) is 16.3 Å². The SMILES string of the molecule is CC(C)(C)OC(=O)N1CCN(CC2=C(C(=O)O)[C@H](c3ccc(F)cc3Cl)N=C(c3nccs3)N2)CC1. The van der Waals surface area contributed by atoms with Gasteiger partial charge in [0.05, 0.1) is 5.57 Å². The van der Waals surface area contributed by atoms with Gasteiger partial charge in [0.15, 0.2) is 10.8 Å². The first-order valence-corrected chi connectivity index (χ1v) is 12.6. The van der Waals surface area contributed by atoms with Crippen LogP contribution in [0.5, 0.6) is 0 Å². The molecule has 2 N–H and O–H groups in total. The Balaban J connectivity index is 1.60. The lowest BCUT2D eigenvalue weighted by Crippen LogP contribution is -2.51. The molecule has 0 saturated carbocycles. The largest absolute Gasteiger partial charge is 0.478 e. The number of amidine groups is 1. The molecule has 2 aliphatic heterocycles. The van der Waals surface area contributed by atoms with Gasteiger partial charge < -0.3 is 20.1 Å². The molecule has 1 atom stereocenters. The van der Waals surface area contributed by atoms with E-state index in [1.807, 2.05) is 20.8 Å². The Hall–Kier alpha value is -3.02. The zero-order chi connectivity index (χ0) is 26.0. The molecule has 2 aromatic rings. The molecule has 1 saturated heterocycles. The summed E-state index contributed by atoms with van der Waals surface area (Å²) in [4.78, 5) is 37.5. The second kappa shape index (κ2) is 10.5. The number of aromatic nitrogens is 1. The molecule has 3 heterocycles. The lowest BCUT2D eigenvalue weighted by Gasteiger charge is -2.37. The Bertz CT molecular complexity index is 1200. The number of carboxylic acids is 1. The third-order valence-electron chi connectivity index (χ3n) is 5.65. The highest BCUT2D eigenvalue weighted by Crippen LogP contribution is 2.36. The number of ether oxygens (including phenoxy) is 1. The zero-order valence-electron chi connectivity index (χ0n) is 20.1. The van der Waals surface area contributed by atoms with Crippen molar-refractivity contribution in [1.82, 2.24) is 20.1 Å². The normalized spacial score (nSPS) is 19.1. The van der Waals surface area contributed by atoms with Crippen LogP contribution in [0.4, 0.5) is 9.18 Å². The average molecular weight is 536 g/mol. The number of thiazole rings is 1. The Morgan fingerprint density at radius 1 is 1.28 bits per heavy atom. The van der Waals surface area contributed by atoms with Crippen LogP contribution in [0.1, 0.15) is 37.4 Å². The number of aliphatic carboxylic acids is 1. The van der Waals surface area contributed by atoms with E-state index in [9.17, 15) is 19.1 Å². The van der Waals surface area contributed by atoms with Crippen LogP contribution < -0.4 is 5.32 Å². The number of carbonyl (C=O) groups excluding carboxylic acids is 1. The Morgan fingerprint density at radius 3 is 2.58 bits per heavy atom. The fourth-order valence-electron chi connectivity index (χ4n) is 4.01. The molecular formula is C24H27ClFN5O4S. The number of hydrogen-bond donors (Lipinski definition) is 2. The summed E-state index contributed by atoms with van der Waals surface area (Å²) >= 11 is 7.68. The fraction of sp³-hybridized carbons (Fsp3) is 0.417. The van der Waals surface area contributed by atoms with E-state index in [2.05, 4.69) is 20.2 Å². The van der Waals surface area contributed by atoms with Gasteiger partial charge in [-0.25, -0.2) is 19.0 Å². The molecule has 0 aliphatic carbocycles. The van der Waals surface area contributed by atoms with E-state index >= 15 is 0 Å². The van der Waals surface area contributed by atoms with Crippen LogP contribution in [0, 0.1) is 5.82 Å². The van der Waals surface area contributed by atoms with Gasteiger partial charge >= 0.3 is 12.1 Å². The highest BCUT2D eigenvalue weighted by Gasteiger charge is 2.34. The maximum Gasteiger partial charge on any atom is 0.410 e. The van der Waals surface area contributed by atoms with Crippen LogP contribution in [0.25, 0.3) is 0 Å². The van der Waals surface area contributed by atoms with Crippen molar-refractivity contribution in [3.8, 4) is 0 Å². The molecule has 1 aromatic carbocycles. The van der Waals surface area contributed by atoms with E-state index < -0.39 is 23.4 Å². The summed E-state index contributed by atoms with van der Waals surface area (Å²) in [6.45, 7) is 7.70. The minimum Gasteiger partial charge on any atom is -0.478 e. The highest BCUT2D eigenvalue weighted by atomic mass is 35.5. The molecule has 0 spiro atoms. The fourth-order valence-corrected chi connectivity index (χ4v) is 4.87. The predicted molar refractivity (Wildman–Crippen MR) is 135 cm³/mol. The summed E-state index contributed by atoms with van der Waals surface area (Å²) in [6.07, 6.45) is 1.27. The van der Waals surface area contributed by atoms with Crippen molar-refractivity contribution in [3.05, 3.63) is 62.5 Å². The van der Waals surface area contributed by atoms with Gasteiger partial charge in [-0.3, -0.25) is 9.89 Å². The van der Waals surface area contributed by atoms with E-state index in [-0.39, 0.29) is 23.2 Å². The van der Waals surface area contributed by atoms with Gasteiger partial charge in [-0.1, -0.05) is 17.7 Å². The molecule has 36 heavy (non-hydrogen) atoms. The number of nitrogens with one attached hydrogen (secondary N) is 1. The van der Waals surface area contributed by atoms with Gasteiger partial charge in [-0.2, -0.15) is 0 Å². The first kappa shape index (κ1) is 26.1. The van der Waals surface area contributed by atoms with Crippen molar-refractivity contribution in [2.45, 2.75) is 32.4 Å². The summed E-state index contributed by atoms with van der Waals surface area (Å²) in [7, 11) is 0. The van der Waals surface area contributed by atoms with Gasteiger partial charge in [-0.15, -0.1) is 11.3 Å². The number of hydrogen-bond acceptors (Lipinski definition) is 8. The quantitative estimate of drug-likeness (QED) is 0.597. The molecule has 0 unspecified atom stereocenters. The van der Waals surface area contributed by atoms with E-state index in [0.29, 0.717) is 48.3 Å². The van der Waals surface area contributed by atoms with Crippen LogP contribution in [0.2, 0.25) is 5.02 Å². The van der Waals surface area contributed by atoms with Crippen LogP contribution >= 0.6 is 22.9 Å². The Morgan fingerprint density at radius 2 is 2.00 bits per heavy atom. The minimum absolute atomic E-state index is 0.0263. The third kappa shape index (κ3) is 6.03. The lowest BCUT2D eigenvalue weighted by atomic mass is 9.95. The highest BCUT2D eigenvalue weighted by molar-refractivity contribution is 7.11. The molecule has 9 nitrogen and oxygen atoms in total. The number of aliphatic imine (C=N–C) groups is 1. The minimum atomic E-state index is -1.16. The van der Waals surface area contributed by atoms with Crippen molar-refractivity contribution in [2.24, 2.45) is 4.99 Å². The molecule has 192 valence electrons. The zero-order valence-corrected chi connectivity index (χ0v) is 21.7. The van der Waals surface area contributed by atoms with Gasteiger partial charge in [0.25, 0.3) is 0 Å². The number of carbonyl (C=O) groups is 2. The summed E-state index contributed by atoms with van der Waals surface area (Å²) in [6, 6.07) is 2.88. The molecular weight excluding hydrogens is 509 g/mol. The number of halogens is 2. The standard InChI is InChI=1S/C24H27ClFN5O4S/c1-24(2,3)35-23(34)31-9-7-30(8-10-31)13-17-18(22(32)33)19(15-5-4-14(26)12-16(15)25)29-20(28-17)21-27-6-11-36-21/h4-6,11-12,19H,7-10,13H2,1-3H3,(H,28,29)(H,32,33)/t19-/m0/s1. The second-order valence-corrected chi connectivity index (χ2v) is 10.8. The molecule has 2 aliphatic rings. The number of carboxylic acid groups (broad SMARTS) is 1. The number of nitrogens with zero attached hydrogens (tertiary/aromatic N) is 4. The average Bonchev–Trinajstić information content (AvgIpc) is 3.33. The smallest absolute Gasteiger partial charge is 0.410 e. The second-order valence-electron chi connectivity index (χ2n) is 9.45. The Labute approximate surface area is 217 Å². The summed E-state index contributed by atoms with van der Waals surface area (Å²) in [5.74, 6) is -1.26. The van der Waals surface area contributed by atoms with Crippen LogP contribution in [-0.4, -0.2) is 76.1 Å². The maximum absolute atomic E-state index is 13.7. The van der Waals surface area contributed by atoms with Crippen LogP contribution in [0.3, 0.4) is 0 Å². The molecule has 0 bridgehead atoms. The van der Waals surface area contributed by atoms with Crippen molar-refractivity contribution in [3.63, 3.8) is 0 Å². The van der Waals surface area contributed by atoms with Gasteiger partial charge in [-0.05, 0) is 32.9 Å². The number of rotatable bonds is 5. The summed E-state index contributed by atoms with van der Waals surface area (Å²) < 4.78 is 19.2. The molecule has 1 amide bonds. The van der Waals surface area contributed by atoms with Crippen molar-refractivity contribution in [1.29, 1.82) is 0 Å². The molecule has 12 heteroatoms. The summed E-state index contributed by atoms with van der Waals surface area (Å²) in [5.41, 5.74) is 0.277. The van der Waals surface area contributed by atoms with E-state index in [0.717, 1.165) is 6.07 Å². The first-order valence-electron chi connectivity index (χ1n) is 11.4. The maximum atomic E-state index is 13.7. The first-order chi connectivity index (χ1) is 17.0. The van der Waals surface area contributed by atoms with Crippen LogP contribution in [0.15, 0.2) is 46.0 Å². The molecule has 0 radical (unpaired) electrons. The topological polar surface area (TPSA) is 107 Å². The lowest BCUT2D eigenvalue weighted by molar-refractivity contribution is -0.133. The van der Waals surface area contributed by atoms with Crippen LogP contribution in [-0.2, 0) is 9.53 Å². The monoisotopic (exact) mass is 535 g/mol. The molecule has 1 aromatic heterocycles. The van der Waals surface area contributed by atoms with Crippen molar-refractivity contribution in [2.75, 3.05) is 32.7 Å². The number of benzene rings is 1. The predicted octanol–water partition coefficient (Wildman–Crippen LogP) is 3.92. The number of amides is 1. The van der Waals surface area contributed by atoms with E-state index in [1.54, 1.807) is 16.5 Å².